The molecule has 2 rings (SSSR count). The molecule has 0 radical (unpaired) electrons. The van der Waals surface area contributed by atoms with E-state index < -0.39 is 0 Å². The summed E-state index contributed by atoms with van der Waals surface area (Å²) in [5.74, 6) is 0.892. The van der Waals surface area contributed by atoms with Gasteiger partial charge in [-0.15, -0.1) is 11.3 Å². The summed E-state index contributed by atoms with van der Waals surface area (Å²) in [6.07, 6.45) is 0. The van der Waals surface area contributed by atoms with E-state index in [1.807, 2.05) is 13.0 Å². The fourth-order valence-corrected chi connectivity index (χ4v) is 3.03. The normalized spacial score (nSPS) is 10.6. The number of thiophene rings is 1. The molecule has 1 aromatic heterocycles. The van der Waals surface area contributed by atoms with Crippen molar-refractivity contribution in [2.75, 3.05) is 7.11 Å². The number of benzene rings is 1. The summed E-state index contributed by atoms with van der Waals surface area (Å²) in [5.41, 5.74) is 0. The summed E-state index contributed by atoms with van der Waals surface area (Å²) in [6.45, 7) is 3.27. The van der Waals surface area contributed by atoms with Crippen LogP contribution in [0, 0.1) is 6.92 Å². The number of fused-ring (bicyclic) bond motifs is 1. The maximum absolute atomic E-state index is 11.1. The smallest absolute Gasteiger partial charge is 0.308 e. The van der Waals surface area contributed by atoms with Crippen LogP contribution in [-0.4, -0.2) is 13.1 Å². The van der Waals surface area contributed by atoms with Crippen LogP contribution in [0.3, 0.4) is 0 Å². The highest BCUT2D eigenvalue weighted by atomic mass is 35.5. The number of aryl methyl sites for hydroxylation is 1. The van der Waals surface area contributed by atoms with Gasteiger partial charge in [0.15, 0.2) is 5.75 Å². The van der Waals surface area contributed by atoms with E-state index in [4.69, 9.17) is 21.1 Å². The quantitative estimate of drug-likeness (QED) is 0.779. The Morgan fingerprint density at radius 1 is 1.41 bits per heavy atom. The lowest BCUT2D eigenvalue weighted by Gasteiger charge is -2.04. The zero-order valence-electron chi connectivity index (χ0n) is 9.67. The Labute approximate surface area is 108 Å². The van der Waals surface area contributed by atoms with Crippen LogP contribution in [0.2, 0.25) is 5.02 Å². The lowest BCUT2D eigenvalue weighted by Crippen LogP contribution is -2.01. The SMILES string of the molecule is COc1cc(Cl)c2c(OC(C)=O)c(C)sc2c1. The Morgan fingerprint density at radius 2 is 2.12 bits per heavy atom. The van der Waals surface area contributed by atoms with Gasteiger partial charge >= 0.3 is 5.97 Å². The van der Waals surface area contributed by atoms with E-state index in [0.29, 0.717) is 16.5 Å². The number of esters is 1. The van der Waals surface area contributed by atoms with Gasteiger partial charge in [0.2, 0.25) is 0 Å². The summed E-state index contributed by atoms with van der Waals surface area (Å²) in [4.78, 5) is 12.0. The van der Waals surface area contributed by atoms with Crippen molar-refractivity contribution < 1.29 is 14.3 Å². The highest BCUT2D eigenvalue weighted by Gasteiger charge is 2.16. The van der Waals surface area contributed by atoms with Crippen molar-refractivity contribution in [3.8, 4) is 11.5 Å². The van der Waals surface area contributed by atoms with Crippen LogP contribution < -0.4 is 9.47 Å². The molecule has 0 aliphatic heterocycles. The lowest BCUT2D eigenvalue weighted by atomic mass is 10.2. The Bertz CT molecular complexity index is 589. The fraction of sp³-hybridized carbons (Fsp3) is 0.250. The van der Waals surface area contributed by atoms with Crippen molar-refractivity contribution >= 4 is 39.0 Å². The van der Waals surface area contributed by atoms with Gasteiger partial charge in [0.05, 0.1) is 17.5 Å². The average molecular weight is 271 g/mol. The first kappa shape index (κ1) is 12.2. The predicted octanol–water partition coefficient (Wildman–Crippen LogP) is 3.80. The van der Waals surface area contributed by atoms with Crippen LogP contribution in [-0.2, 0) is 4.79 Å². The molecule has 1 aromatic carbocycles. The molecule has 3 nitrogen and oxygen atoms in total. The Balaban J connectivity index is 2.69. The first-order valence-electron chi connectivity index (χ1n) is 4.98. The molecule has 17 heavy (non-hydrogen) atoms. The maximum Gasteiger partial charge on any atom is 0.308 e. The maximum atomic E-state index is 11.1. The van der Waals surface area contributed by atoms with Gasteiger partial charge in [0.25, 0.3) is 0 Å². The third kappa shape index (κ3) is 2.23. The molecule has 0 fully saturated rings. The van der Waals surface area contributed by atoms with Crippen molar-refractivity contribution in [1.29, 1.82) is 0 Å². The molecule has 0 saturated heterocycles. The molecule has 0 unspecified atom stereocenters. The van der Waals surface area contributed by atoms with Crippen LogP contribution in [0.4, 0.5) is 0 Å². The molecule has 0 aliphatic rings. The fourth-order valence-electron chi connectivity index (χ4n) is 1.63. The molecule has 2 aromatic rings. The largest absolute Gasteiger partial charge is 0.497 e. The topological polar surface area (TPSA) is 35.5 Å². The van der Waals surface area contributed by atoms with Crippen LogP contribution in [0.1, 0.15) is 11.8 Å². The number of rotatable bonds is 2. The number of hydrogen-bond donors (Lipinski definition) is 0. The average Bonchev–Trinajstić information content (AvgIpc) is 2.54. The van der Waals surface area contributed by atoms with Crippen LogP contribution in [0.15, 0.2) is 12.1 Å². The molecule has 90 valence electrons. The van der Waals surface area contributed by atoms with Crippen LogP contribution >= 0.6 is 22.9 Å². The Kier molecular flexibility index (Phi) is 3.26. The zero-order valence-corrected chi connectivity index (χ0v) is 11.2. The third-order valence-corrected chi connectivity index (χ3v) is 3.65. The van der Waals surface area contributed by atoms with Gasteiger partial charge in [-0.1, -0.05) is 11.6 Å². The summed E-state index contributed by atoms with van der Waals surface area (Å²) in [6, 6.07) is 3.59. The van der Waals surface area contributed by atoms with Gasteiger partial charge in [-0.05, 0) is 19.1 Å². The van der Waals surface area contributed by atoms with E-state index in [1.165, 1.54) is 18.3 Å². The zero-order chi connectivity index (χ0) is 12.6. The molecular weight excluding hydrogens is 260 g/mol. The Hall–Kier alpha value is -1.26. The van der Waals surface area contributed by atoms with Crippen LogP contribution in [0.5, 0.6) is 11.5 Å². The van der Waals surface area contributed by atoms with Crippen molar-refractivity contribution in [2.45, 2.75) is 13.8 Å². The Morgan fingerprint density at radius 3 is 2.71 bits per heavy atom. The van der Waals surface area contributed by atoms with E-state index >= 15 is 0 Å². The molecular formula is C12H11ClO3S. The first-order valence-corrected chi connectivity index (χ1v) is 6.17. The van der Waals surface area contributed by atoms with Crippen molar-refractivity contribution in [3.63, 3.8) is 0 Å². The summed E-state index contributed by atoms with van der Waals surface area (Å²) >= 11 is 7.70. The van der Waals surface area contributed by atoms with Gasteiger partial charge in [0, 0.05) is 16.5 Å². The first-order chi connectivity index (χ1) is 8.02. The molecule has 5 heteroatoms. The summed E-state index contributed by atoms with van der Waals surface area (Å²) in [5, 5.41) is 1.30. The van der Waals surface area contributed by atoms with E-state index in [9.17, 15) is 4.79 Å². The second-order valence-electron chi connectivity index (χ2n) is 3.56. The highest BCUT2D eigenvalue weighted by Crippen LogP contribution is 2.43. The van der Waals surface area contributed by atoms with Gasteiger partial charge < -0.3 is 9.47 Å². The number of carbonyl (C=O) groups is 1. The molecule has 0 aliphatic carbocycles. The van der Waals surface area contributed by atoms with E-state index in [-0.39, 0.29) is 5.97 Å². The van der Waals surface area contributed by atoms with Gasteiger partial charge in [-0.2, -0.15) is 0 Å². The predicted molar refractivity (Wildman–Crippen MR) is 69.4 cm³/mol. The molecule has 0 N–H and O–H groups in total. The molecule has 0 spiro atoms. The van der Waals surface area contributed by atoms with E-state index in [2.05, 4.69) is 0 Å². The van der Waals surface area contributed by atoms with E-state index in [0.717, 1.165) is 15.0 Å². The standard InChI is InChI=1S/C12H11ClO3S/c1-6-12(16-7(2)14)11-9(13)4-8(15-3)5-10(11)17-6/h4-5H,1-3H3. The minimum Gasteiger partial charge on any atom is -0.497 e. The van der Waals surface area contributed by atoms with Gasteiger partial charge in [-0.25, -0.2) is 0 Å². The van der Waals surface area contributed by atoms with Crippen molar-refractivity contribution in [3.05, 3.63) is 22.0 Å². The molecule has 0 saturated carbocycles. The molecule has 1 heterocycles. The number of hydrogen-bond acceptors (Lipinski definition) is 4. The van der Waals surface area contributed by atoms with Crippen molar-refractivity contribution in [2.24, 2.45) is 0 Å². The second-order valence-corrected chi connectivity index (χ2v) is 5.23. The van der Waals surface area contributed by atoms with E-state index in [1.54, 1.807) is 13.2 Å². The summed E-state index contributed by atoms with van der Waals surface area (Å²) in [7, 11) is 1.59. The number of ether oxygens (including phenoxy) is 2. The number of halogens is 1. The van der Waals surface area contributed by atoms with Gasteiger partial charge in [-0.3, -0.25) is 4.79 Å². The number of carbonyl (C=O) groups excluding carboxylic acids is 1. The van der Waals surface area contributed by atoms with Crippen LogP contribution in [0.25, 0.3) is 10.1 Å². The van der Waals surface area contributed by atoms with Crippen molar-refractivity contribution in [1.82, 2.24) is 0 Å². The second kappa shape index (κ2) is 4.55. The highest BCUT2D eigenvalue weighted by molar-refractivity contribution is 7.19. The minimum absolute atomic E-state index is 0.348. The minimum atomic E-state index is -0.348. The van der Waals surface area contributed by atoms with Gasteiger partial charge in [0.1, 0.15) is 5.75 Å². The summed E-state index contributed by atoms with van der Waals surface area (Å²) < 4.78 is 11.3. The number of methoxy groups -OCH3 is 1. The molecule has 0 amide bonds. The monoisotopic (exact) mass is 270 g/mol. The molecule has 0 bridgehead atoms. The molecule has 0 atom stereocenters. The third-order valence-electron chi connectivity index (χ3n) is 2.32. The lowest BCUT2D eigenvalue weighted by molar-refractivity contribution is -0.131.